The van der Waals surface area contributed by atoms with Gasteiger partial charge in [-0.2, -0.15) is 0 Å². The first-order chi connectivity index (χ1) is 9.56. The van der Waals surface area contributed by atoms with Gasteiger partial charge < -0.3 is 5.11 Å². The molecule has 0 amide bonds. The van der Waals surface area contributed by atoms with Crippen LogP contribution in [0, 0.1) is 12.7 Å². The summed E-state index contributed by atoms with van der Waals surface area (Å²) >= 11 is 5.89. The summed E-state index contributed by atoms with van der Waals surface area (Å²) < 4.78 is 13.3. The Morgan fingerprint density at radius 3 is 2.70 bits per heavy atom. The summed E-state index contributed by atoms with van der Waals surface area (Å²) in [5, 5.41) is 10.2. The van der Waals surface area contributed by atoms with Gasteiger partial charge in [0.15, 0.2) is 0 Å². The molecule has 2 aromatic carbocycles. The zero-order chi connectivity index (χ0) is 14.5. The molecule has 1 nitrogen and oxygen atoms in total. The first kappa shape index (κ1) is 15.0. The van der Waals surface area contributed by atoms with Gasteiger partial charge in [0.2, 0.25) is 0 Å². The maximum Gasteiger partial charge on any atom is 0.142 e. The van der Waals surface area contributed by atoms with E-state index in [4.69, 9.17) is 11.6 Å². The summed E-state index contributed by atoms with van der Waals surface area (Å²) in [6.45, 7) is 2.05. The Morgan fingerprint density at radius 2 is 1.95 bits per heavy atom. The molecule has 0 spiro atoms. The highest BCUT2D eigenvalue weighted by molar-refractivity contribution is 6.31. The lowest BCUT2D eigenvalue weighted by Crippen LogP contribution is -2.12. The Morgan fingerprint density at radius 1 is 1.20 bits per heavy atom. The minimum atomic E-state index is -0.519. The van der Waals surface area contributed by atoms with E-state index < -0.39 is 11.9 Å². The van der Waals surface area contributed by atoms with Gasteiger partial charge in [-0.05, 0) is 43.4 Å². The summed E-state index contributed by atoms with van der Waals surface area (Å²) in [6.07, 6.45) is 1.30. The topological polar surface area (TPSA) is 20.2 Å². The van der Waals surface area contributed by atoms with Gasteiger partial charge in [-0.1, -0.05) is 53.6 Å². The standard InChI is InChI=1S/C17H18ClFO/c1-12-4-2-5-13(10-12)8-9-15(20)11-14-6-3-7-16(19)17(14)18/h2-7,10,15,20H,8-9,11H2,1H3. The summed E-state index contributed by atoms with van der Waals surface area (Å²) in [5.41, 5.74) is 3.07. The van der Waals surface area contributed by atoms with Gasteiger partial charge in [-0.15, -0.1) is 0 Å². The molecule has 0 aliphatic carbocycles. The Bertz CT molecular complexity index is 583. The minimum Gasteiger partial charge on any atom is -0.393 e. The van der Waals surface area contributed by atoms with Crippen LogP contribution in [0.4, 0.5) is 4.39 Å². The summed E-state index contributed by atoms with van der Waals surface area (Å²) in [4.78, 5) is 0. The number of hydrogen-bond donors (Lipinski definition) is 1. The van der Waals surface area contributed by atoms with Crippen LogP contribution in [-0.4, -0.2) is 11.2 Å². The number of benzene rings is 2. The molecule has 0 fully saturated rings. The van der Waals surface area contributed by atoms with Crippen LogP contribution in [0.15, 0.2) is 42.5 Å². The highest BCUT2D eigenvalue weighted by Gasteiger charge is 2.11. The lowest BCUT2D eigenvalue weighted by atomic mass is 10.0. The number of aryl methyl sites for hydroxylation is 2. The molecule has 0 saturated carbocycles. The maximum absolute atomic E-state index is 13.3. The highest BCUT2D eigenvalue weighted by atomic mass is 35.5. The average molecular weight is 293 g/mol. The molecule has 1 unspecified atom stereocenters. The van der Waals surface area contributed by atoms with E-state index in [9.17, 15) is 9.50 Å². The van der Waals surface area contributed by atoms with Gasteiger partial charge in [-0.3, -0.25) is 0 Å². The van der Waals surface area contributed by atoms with E-state index in [-0.39, 0.29) is 5.02 Å². The monoisotopic (exact) mass is 292 g/mol. The Labute approximate surface area is 124 Å². The van der Waals surface area contributed by atoms with Gasteiger partial charge in [-0.25, -0.2) is 4.39 Å². The van der Waals surface area contributed by atoms with Crippen molar-refractivity contribution in [2.24, 2.45) is 0 Å². The van der Waals surface area contributed by atoms with Crippen LogP contribution in [0.2, 0.25) is 5.02 Å². The molecule has 20 heavy (non-hydrogen) atoms. The van der Waals surface area contributed by atoms with Crippen molar-refractivity contribution in [3.8, 4) is 0 Å². The smallest absolute Gasteiger partial charge is 0.142 e. The fraction of sp³-hybridized carbons (Fsp3) is 0.294. The largest absolute Gasteiger partial charge is 0.393 e. The summed E-state index contributed by atoms with van der Waals surface area (Å²) in [6, 6.07) is 12.9. The minimum absolute atomic E-state index is 0.113. The lowest BCUT2D eigenvalue weighted by molar-refractivity contribution is 0.165. The molecule has 0 aliphatic rings. The molecule has 106 valence electrons. The van der Waals surface area contributed by atoms with E-state index in [0.717, 1.165) is 6.42 Å². The summed E-state index contributed by atoms with van der Waals surface area (Å²) in [5.74, 6) is -0.435. The van der Waals surface area contributed by atoms with Gasteiger partial charge in [0, 0.05) is 0 Å². The second-order valence-electron chi connectivity index (χ2n) is 5.10. The zero-order valence-electron chi connectivity index (χ0n) is 11.4. The van der Waals surface area contributed by atoms with Crippen molar-refractivity contribution in [1.29, 1.82) is 0 Å². The second kappa shape index (κ2) is 6.87. The van der Waals surface area contributed by atoms with Gasteiger partial charge in [0.05, 0.1) is 11.1 Å². The molecule has 1 N–H and O–H groups in total. The highest BCUT2D eigenvalue weighted by Crippen LogP contribution is 2.22. The SMILES string of the molecule is Cc1cccc(CCC(O)Cc2cccc(F)c2Cl)c1. The molecule has 0 aromatic heterocycles. The van der Waals surface area contributed by atoms with E-state index >= 15 is 0 Å². The fourth-order valence-corrected chi connectivity index (χ4v) is 2.47. The molecule has 0 aliphatic heterocycles. The third-order valence-electron chi connectivity index (χ3n) is 3.34. The number of aliphatic hydroxyl groups is 1. The Kier molecular flexibility index (Phi) is 5.16. The molecule has 0 bridgehead atoms. The Balaban J connectivity index is 1.92. The van der Waals surface area contributed by atoms with Crippen molar-refractivity contribution < 1.29 is 9.50 Å². The van der Waals surface area contributed by atoms with E-state index in [1.54, 1.807) is 12.1 Å². The van der Waals surface area contributed by atoms with Gasteiger partial charge in [0.1, 0.15) is 5.82 Å². The van der Waals surface area contributed by atoms with E-state index in [1.807, 2.05) is 19.1 Å². The van der Waals surface area contributed by atoms with Crippen LogP contribution in [0.25, 0.3) is 0 Å². The van der Waals surface area contributed by atoms with E-state index in [0.29, 0.717) is 18.4 Å². The van der Waals surface area contributed by atoms with Crippen LogP contribution in [0.5, 0.6) is 0 Å². The van der Waals surface area contributed by atoms with Crippen LogP contribution >= 0.6 is 11.6 Å². The molecule has 0 heterocycles. The first-order valence-corrected chi connectivity index (χ1v) is 7.10. The normalized spacial score (nSPS) is 12.4. The van der Waals surface area contributed by atoms with Crippen molar-refractivity contribution in [3.05, 3.63) is 70.0 Å². The predicted molar refractivity (Wildman–Crippen MR) is 80.6 cm³/mol. The van der Waals surface area contributed by atoms with Crippen molar-refractivity contribution in [2.45, 2.75) is 32.3 Å². The Hall–Kier alpha value is -1.38. The second-order valence-corrected chi connectivity index (χ2v) is 5.48. The maximum atomic E-state index is 13.3. The number of halogens is 2. The zero-order valence-corrected chi connectivity index (χ0v) is 12.2. The van der Waals surface area contributed by atoms with E-state index in [1.165, 1.54) is 17.2 Å². The third kappa shape index (κ3) is 4.06. The molecule has 3 heteroatoms. The molecule has 2 rings (SSSR count). The predicted octanol–water partition coefficient (Wildman–Crippen LogP) is 4.32. The van der Waals surface area contributed by atoms with Gasteiger partial charge >= 0.3 is 0 Å². The number of rotatable bonds is 5. The van der Waals surface area contributed by atoms with Crippen LogP contribution in [0.1, 0.15) is 23.1 Å². The lowest BCUT2D eigenvalue weighted by Gasteiger charge is -2.12. The van der Waals surface area contributed by atoms with Crippen LogP contribution in [-0.2, 0) is 12.8 Å². The van der Waals surface area contributed by atoms with Crippen molar-refractivity contribution in [2.75, 3.05) is 0 Å². The average Bonchev–Trinajstić information content (AvgIpc) is 2.42. The van der Waals surface area contributed by atoms with E-state index in [2.05, 4.69) is 12.1 Å². The fourth-order valence-electron chi connectivity index (χ4n) is 2.26. The van der Waals surface area contributed by atoms with Crippen LogP contribution in [0.3, 0.4) is 0 Å². The van der Waals surface area contributed by atoms with Crippen molar-refractivity contribution in [1.82, 2.24) is 0 Å². The van der Waals surface area contributed by atoms with Crippen molar-refractivity contribution >= 4 is 11.6 Å². The molecule has 0 radical (unpaired) electrons. The van der Waals surface area contributed by atoms with Gasteiger partial charge in [0.25, 0.3) is 0 Å². The number of aliphatic hydroxyl groups excluding tert-OH is 1. The first-order valence-electron chi connectivity index (χ1n) is 6.73. The van der Waals surface area contributed by atoms with Crippen molar-refractivity contribution in [3.63, 3.8) is 0 Å². The molecule has 2 aromatic rings. The number of hydrogen-bond acceptors (Lipinski definition) is 1. The quantitative estimate of drug-likeness (QED) is 0.870. The molecular weight excluding hydrogens is 275 g/mol. The molecular formula is C17H18ClFO. The van der Waals surface area contributed by atoms with Crippen LogP contribution < -0.4 is 0 Å². The third-order valence-corrected chi connectivity index (χ3v) is 3.76. The molecule has 0 saturated heterocycles. The molecule has 1 atom stereocenters. The summed E-state index contributed by atoms with van der Waals surface area (Å²) in [7, 11) is 0.